The second-order valence-corrected chi connectivity index (χ2v) is 9.97. The zero-order valence-electron chi connectivity index (χ0n) is 19.0. The number of aliphatic hydroxyl groups is 1. The van der Waals surface area contributed by atoms with Crippen LogP contribution in [0.15, 0.2) is 30.3 Å². The first-order valence-corrected chi connectivity index (χ1v) is 13.0. The van der Waals surface area contributed by atoms with E-state index >= 15 is 0 Å². The maximum Gasteiger partial charge on any atom is 0.334 e. The van der Waals surface area contributed by atoms with Gasteiger partial charge in [0.1, 0.15) is 12.4 Å². The van der Waals surface area contributed by atoms with Gasteiger partial charge in [0.05, 0.1) is 12.6 Å². The molecule has 3 aliphatic rings. The summed E-state index contributed by atoms with van der Waals surface area (Å²) in [7, 11) is 1.79. The van der Waals surface area contributed by atoms with Crippen LogP contribution in [0.3, 0.4) is 0 Å². The van der Waals surface area contributed by atoms with E-state index in [1.165, 1.54) is 0 Å². The average Bonchev–Trinajstić information content (AvgIpc) is 3.32. The van der Waals surface area contributed by atoms with Crippen molar-refractivity contribution in [2.75, 3.05) is 32.1 Å². The Morgan fingerprint density at radius 2 is 1.94 bits per heavy atom. The molecule has 1 unspecified atom stereocenters. The highest BCUT2D eigenvalue weighted by Crippen LogP contribution is 2.34. The number of nitrogens with zero attached hydrogens (tertiary/aromatic N) is 4. The Bertz CT molecular complexity index is 791. The third-order valence-electron chi connectivity index (χ3n) is 6.94. The molecule has 2 saturated heterocycles. The predicted octanol–water partition coefficient (Wildman–Crippen LogP) is 1.91. The first kappa shape index (κ1) is 23.4. The summed E-state index contributed by atoms with van der Waals surface area (Å²) in [5, 5.41) is 17.7. The maximum atomic E-state index is 13.3. The van der Waals surface area contributed by atoms with Crippen LogP contribution in [0.2, 0.25) is 0 Å². The van der Waals surface area contributed by atoms with Crippen molar-refractivity contribution >= 4 is 23.7 Å². The van der Waals surface area contributed by atoms with E-state index in [2.05, 4.69) is 10.2 Å². The monoisotopic (exact) mass is 461 g/mol. The molecule has 0 radical (unpaired) electrons. The van der Waals surface area contributed by atoms with Gasteiger partial charge in [-0.05, 0) is 36.8 Å². The number of urea groups is 1. The van der Waals surface area contributed by atoms with Crippen LogP contribution in [0.4, 0.5) is 4.79 Å². The van der Waals surface area contributed by atoms with Crippen LogP contribution in [0.1, 0.15) is 37.7 Å². The topological polar surface area (TPSA) is 79.4 Å². The second kappa shape index (κ2) is 10.4. The number of likely N-dealkylation sites (N-methyl/N-ethyl adjacent to an activating group) is 1. The molecule has 176 valence electrons. The van der Waals surface area contributed by atoms with E-state index in [4.69, 9.17) is 0 Å². The number of fused-ring (bicyclic) bond motifs is 1. The van der Waals surface area contributed by atoms with Crippen LogP contribution in [0, 0.1) is 0 Å². The van der Waals surface area contributed by atoms with Crippen molar-refractivity contribution in [1.82, 2.24) is 25.1 Å². The highest BCUT2D eigenvalue weighted by molar-refractivity contribution is 7.98. The van der Waals surface area contributed by atoms with E-state index in [1.54, 1.807) is 33.7 Å². The average molecular weight is 462 g/mol. The lowest BCUT2D eigenvalue weighted by atomic mass is 10.0. The SMILES string of the molecule is CSCC[C@H]1C(O)N(C2CCCC2)C[C@H]2N1C(=O)CN(C)N2C(=O)NCc1ccccc1. The molecule has 2 aliphatic heterocycles. The summed E-state index contributed by atoms with van der Waals surface area (Å²) < 4.78 is 0. The van der Waals surface area contributed by atoms with Crippen molar-refractivity contribution < 1.29 is 14.7 Å². The van der Waals surface area contributed by atoms with Crippen molar-refractivity contribution in [3.8, 4) is 0 Å². The van der Waals surface area contributed by atoms with Gasteiger partial charge in [0, 0.05) is 26.2 Å². The Morgan fingerprint density at radius 1 is 1.22 bits per heavy atom. The number of amides is 3. The lowest BCUT2D eigenvalue weighted by Crippen LogP contribution is -2.77. The van der Waals surface area contributed by atoms with E-state index in [0.717, 1.165) is 37.0 Å². The van der Waals surface area contributed by atoms with Crippen LogP contribution >= 0.6 is 11.8 Å². The van der Waals surface area contributed by atoms with Gasteiger partial charge in [0.25, 0.3) is 0 Å². The van der Waals surface area contributed by atoms with Gasteiger partial charge in [0.2, 0.25) is 5.91 Å². The van der Waals surface area contributed by atoms with Gasteiger partial charge in [-0.3, -0.25) is 9.69 Å². The van der Waals surface area contributed by atoms with Crippen molar-refractivity contribution in [2.45, 2.75) is 63.1 Å². The standard InChI is InChI=1S/C23H35N5O3S/c1-25-16-21(29)27-19(12-13-32-2)22(30)26(18-10-6-7-11-18)15-20(27)28(25)23(31)24-14-17-8-4-3-5-9-17/h3-5,8-9,18-20,22,30H,6-7,10-16H2,1-2H3,(H,24,31)/t19-,20-,22?/m0/s1. The molecule has 8 nitrogen and oxygen atoms in total. The molecule has 4 rings (SSSR count). The van der Waals surface area contributed by atoms with E-state index < -0.39 is 12.4 Å². The Morgan fingerprint density at radius 3 is 2.62 bits per heavy atom. The first-order valence-electron chi connectivity index (χ1n) is 11.6. The Balaban J connectivity index is 1.58. The Labute approximate surface area is 194 Å². The molecule has 3 amide bonds. The van der Waals surface area contributed by atoms with Crippen LogP contribution < -0.4 is 5.32 Å². The number of hydrogen-bond acceptors (Lipinski definition) is 6. The summed E-state index contributed by atoms with van der Waals surface area (Å²) >= 11 is 1.71. The third-order valence-corrected chi connectivity index (χ3v) is 7.59. The molecular weight excluding hydrogens is 426 g/mol. The zero-order chi connectivity index (χ0) is 22.7. The van der Waals surface area contributed by atoms with Crippen LogP contribution in [0.5, 0.6) is 0 Å². The molecule has 0 aromatic heterocycles. The highest BCUT2D eigenvalue weighted by Gasteiger charge is 2.51. The van der Waals surface area contributed by atoms with E-state index in [9.17, 15) is 14.7 Å². The highest BCUT2D eigenvalue weighted by atomic mass is 32.2. The summed E-state index contributed by atoms with van der Waals surface area (Å²) in [4.78, 5) is 30.4. The zero-order valence-corrected chi connectivity index (χ0v) is 19.8. The number of hydrazine groups is 1. The van der Waals surface area contributed by atoms with Gasteiger partial charge in [-0.1, -0.05) is 43.2 Å². The molecule has 0 spiro atoms. The van der Waals surface area contributed by atoms with Crippen molar-refractivity contribution in [2.24, 2.45) is 0 Å². The summed E-state index contributed by atoms with van der Waals surface area (Å²) in [6, 6.07) is 9.59. The fourth-order valence-corrected chi connectivity index (χ4v) is 5.85. The van der Waals surface area contributed by atoms with Gasteiger partial charge in [0.15, 0.2) is 0 Å². The number of carbonyl (C=O) groups excluding carboxylic acids is 2. The molecule has 2 heterocycles. The summed E-state index contributed by atoms with van der Waals surface area (Å²) in [5.74, 6) is 0.827. The minimum Gasteiger partial charge on any atom is -0.376 e. The van der Waals surface area contributed by atoms with Gasteiger partial charge < -0.3 is 15.3 Å². The predicted molar refractivity (Wildman–Crippen MR) is 126 cm³/mol. The quantitative estimate of drug-likeness (QED) is 0.674. The molecule has 1 saturated carbocycles. The fraction of sp³-hybridized carbons (Fsp3) is 0.652. The van der Waals surface area contributed by atoms with Crippen molar-refractivity contribution in [3.05, 3.63) is 35.9 Å². The smallest absolute Gasteiger partial charge is 0.334 e. The van der Waals surface area contributed by atoms with Crippen LogP contribution in [-0.2, 0) is 11.3 Å². The van der Waals surface area contributed by atoms with Gasteiger partial charge in [-0.25, -0.2) is 14.8 Å². The number of benzene rings is 1. The number of thioether (sulfide) groups is 1. The lowest BCUT2D eigenvalue weighted by Gasteiger charge is -2.57. The van der Waals surface area contributed by atoms with E-state index in [-0.39, 0.29) is 24.5 Å². The van der Waals surface area contributed by atoms with Gasteiger partial charge >= 0.3 is 6.03 Å². The maximum absolute atomic E-state index is 13.3. The van der Waals surface area contributed by atoms with Crippen LogP contribution in [-0.4, -0.2) is 93.5 Å². The molecule has 1 aromatic rings. The number of aliphatic hydroxyl groups excluding tert-OH is 1. The van der Waals surface area contributed by atoms with E-state index in [0.29, 0.717) is 25.6 Å². The molecule has 3 fully saturated rings. The molecule has 32 heavy (non-hydrogen) atoms. The van der Waals surface area contributed by atoms with Crippen molar-refractivity contribution in [3.63, 3.8) is 0 Å². The number of nitrogens with one attached hydrogen (secondary N) is 1. The number of carbonyl (C=O) groups is 2. The Kier molecular flexibility index (Phi) is 7.60. The number of piperazine rings is 1. The van der Waals surface area contributed by atoms with Crippen molar-refractivity contribution in [1.29, 1.82) is 0 Å². The van der Waals surface area contributed by atoms with Crippen LogP contribution in [0.25, 0.3) is 0 Å². The molecule has 3 atom stereocenters. The summed E-state index contributed by atoms with van der Waals surface area (Å²) in [6.07, 6.45) is 6.07. The number of hydrogen-bond donors (Lipinski definition) is 2. The molecular formula is C23H35N5O3S. The minimum absolute atomic E-state index is 0.0270. The summed E-state index contributed by atoms with van der Waals surface area (Å²) in [5.41, 5.74) is 1.03. The minimum atomic E-state index is -0.692. The molecule has 1 aliphatic carbocycles. The van der Waals surface area contributed by atoms with E-state index in [1.807, 2.05) is 36.6 Å². The largest absolute Gasteiger partial charge is 0.376 e. The third kappa shape index (κ3) is 4.76. The lowest BCUT2D eigenvalue weighted by molar-refractivity contribution is -0.212. The Hall–Kier alpha value is -1.81. The molecule has 0 bridgehead atoms. The summed E-state index contributed by atoms with van der Waals surface area (Å²) in [6.45, 7) is 1.02. The normalized spacial score (nSPS) is 27.6. The first-order chi connectivity index (χ1) is 15.5. The van der Waals surface area contributed by atoms with Gasteiger partial charge in [-0.2, -0.15) is 11.8 Å². The molecule has 1 aromatic carbocycles. The van der Waals surface area contributed by atoms with Gasteiger partial charge in [-0.15, -0.1) is 0 Å². The second-order valence-electron chi connectivity index (χ2n) is 8.98. The fourth-order valence-electron chi connectivity index (χ4n) is 5.37. The number of rotatable bonds is 6. The molecule has 2 N–H and O–H groups in total. The molecule has 9 heteroatoms.